The number of likely N-dealkylation sites (N-methyl/N-ethyl adjacent to an activating group) is 1. The van der Waals surface area contributed by atoms with Crippen LogP contribution in [0, 0.1) is 0 Å². The van der Waals surface area contributed by atoms with Crippen LogP contribution >= 0.6 is 24.0 Å². The fraction of sp³-hybridized carbons (Fsp3) is 0.923. The van der Waals surface area contributed by atoms with Crippen LogP contribution in [-0.4, -0.2) is 87.1 Å². The van der Waals surface area contributed by atoms with Crippen LogP contribution in [0.25, 0.3) is 0 Å². The summed E-state index contributed by atoms with van der Waals surface area (Å²) in [6.07, 6.45) is 2.60. The molecule has 0 atom stereocenters. The molecule has 2 aliphatic heterocycles. The molecule has 6 heteroatoms. The van der Waals surface area contributed by atoms with Gasteiger partial charge in [0.15, 0.2) is 5.96 Å². The van der Waals surface area contributed by atoms with E-state index in [1.165, 1.54) is 25.9 Å². The van der Waals surface area contributed by atoms with Gasteiger partial charge in [0.05, 0.1) is 6.54 Å². The van der Waals surface area contributed by atoms with Crippen molar-refractivity contribution in [1.29, 1.82) is 0 Å². The number of nitrogens with zero attached hydrogens (tertiary/aromatic N) is 4. The smallest absolute Gasteiger partial charge is 0.193 e. The molecular weight excluding hydrogens is 353 g/mol. The molecule has 0 saturated carbocycles. The van der Waals surface area contributed by atoms with Gasteiger partial charge < -0.3 is 20.0 Å². The molecule has 0 aromatic heterocycles. The van der Waals surface area contributed by atoms with Crippen LogP contribution < -0.4 is 5.32 Å². The maximum atomic E-state index is 4.44. The van der Waals surface area contributed by atoms with Crippen molar-refractivity contribution in [3.8, 4) is 0 Å². The Morgan fingerprint density at radius 2 is 1.95 bits per heavy atom. The van der Waals surface area contributed by atoms with E-state index in [-0.39, 0.29) is 24.0 Å². The summed E-state index contributed by atoms with van der Waals surface area (Å²) in [5.41, 5.74) is 0. The Morgan fingerprint density at radius 3 is 2.47 bits per heavy atom. The Bertz CT molecular complexity index is 287. The highest BCUT2D eigenvalue weighted by Gasteiger charge is 2.20. The van der Waals surface area contributed by atoms with E-state index in [9.17, 15) is 0 Å². The van der Waals surface area contributed by atoms with Gasteiger partial charge in [-0.25, -0.2) is 0 Å². The third kappa shape index (κ3) is 5.07. The van der Waals surface area contributed by atoms with Crippen molar-refractivity contribution in [3.05, 3.63) is 0 Å². The zero-order valence-electron chi connectivity index (χ0n) is 12.4. The molecule has 0 aromatic carbocycles. The van der Waals surface area contributed by atoms with E-state index in [4.69, 9.17) is 0 Å². The van der Waals surface area contributed by atoms with Crippen LogP contribution in [0.5, 0.6) is 0 Å². The maximum Gasteiger partial charge on any atom is 0.193 e. The highest BCUT2D eigenvalue weighted by molar-refractivity contribution is 14.0. The molecule has 0 aromatic rings. The minimum absolute atomic E-state index is 0. The molecule has 1 N–H and O–H groups in total. The Morgan fingerprint density at radius 1 is 1.26 bits per heavy atom. The summed E-state index contributed by atoms with van der Waals surface area (Å²) in [6, 6.07) is 0.777. The standard InChI is InChI=1S/C13H27N5.HI/c1-16(2)12-4-8-18(9-5-12)11-7-15-13-14-6-10-17(13)3;/h12H,4-11H2,1-3H3,(H,14,15);1H. The first-order valence-electron chi connectivity index (χ1n) is 7.05. The first-order chi connectivity index (χ1) is 8.66. The summed E-state index contributed by atoms with van der Waals surface area (Å²) in [6.45, 7) is 6.59. The summed E-state index contributed by atoms with van der Waals surface area (Å²) in [4.78, 5) is 11.6. The number of aliphatic imine (C=N–C) groups is 1. The first kappa shape index (κ1) is 17.0. The number of likely N-dealkylation sites (tertiary alicyclic amines) is 1. The molecule has 0 unspecified atom stereocenters. The Balaban J connectivity index is 0.00000180. The molecule has 2 aliphatic rings. The van der Waals surface area contributed by atoms with Crippen molar-refractivity contribution in [1.82, 2.24) is 20.0 Å². The Labute approximate surface area is 134 Å². The van der Waals surface area contributed by atoms with E-state index in [2.05, 4.69) is 46.2 Å². The van der Waals surface area contributed by atoms with Crippen molar-refractivity contribution in [3.63, 3.8) is 0 Å². The molecule has 2 heterocycles. The largest absolute Gasteiger partial charge is 0.355 e. The predicted octanol–water partition coefficient (Wildman–Crippen LogP) is 0.521. The molecule has 2 rings (SSSR count). The Kier molecular flexibility index (Phi) is 7.38. The minimum Gasteiger partial charge on any atom is -0.355 e. The zero-order valence-corrected chi connectivity index (χ0v) is 14.8. The number of rotatable bonds is 4. The first-order valence-corrected chi connectivity index (χ1v) is 7.05. The normalized spacial score (nSPS) is 21.5. The van der Waals surface area contributed by atoms with Crippen molar-refractivity contribution < 1.29 is 0 Å². The quantitative estimate of drug-likeness (QED) is 0.721. The third-order valence-corrected chi connectivity index (χ3v) is 4.06. The zero-order chi connectivity index (χ0) is 13.0. The topological polar surface area (TPSA) is 34.1 Å². The maximum absolute atomic E-state index is 4.44. The van der Waals surface area contributed by atoms with Gasteiger partial charge in [-0.2, -0.15) is 0 Å². The van der Waals surface area contributed by atoms with Gasteiger partial charge in [0.1, 0.15) is 0 Å². The van der Waals surface area contributed by atoms with Crippen LogP contribution in [0.2, 0.25) is 0 Å². The highest BCUT2D eigenvalue weighted by Crippen LogP contribution is 2.13. The molecule has 1 fully saturated rings. The SMILES string of the molecule is CN1CCN=C1NCCN1CCC(N(C)C)CC1.I. The summed E-state index contributed by atoms with van der Waals surface area (Å²) < 4.78 is 0. The van der Waals surface area contributed by atoms with Gasteiger partial charge >= 0.3 is 0 Å². The van der Waals surface area contributed by atoms with E-state index in [1.807, 2.05) is 0 Å². The molecule has 0 amide bonds. The summed E-state index contributed by atoms with van der Waals surface area (Å²) >= 11 is 0. The number of piperidine rings is 1. The van der Waals surface area contributed by atoms with Gasteiger partial charge in [-0.1, -0.05) is 0 Å². The Hall–Kier alpha value is -0.0800. The molecule has 0 aliphatic carbocycles. The van der Waals surface area contributed by atoms with Crippen molar-refractivity contribution >= 4 is 29.9 Å². The van der Waals surface area contributed by atoms with E-state index in [1.54, 1.807) is 0 Å². The van der Waals surface area contributed by atoms with Crippen molar-refractivity contribution in [2.45, 2.75) is 18.9 Å². The van der Waals surface area contributed by atoms with Gasteiger partial charge in [-0.05, 0) is 40.0 Å². The number of halogens is 1. The number of guanidine groups is 1. The minimum atomic E-state index is 0. The van der Waals surface area contributed by atoms with E-state index in [0.29, 0.717) is 0 Å². The summed E-state index contributed by atoms with van der Waals surface area (Å²) in [5.74, 6) is 1.07. The molecule has 19 heavy (non-hydrogen) atoms. The third-order valence-electron chi connectivity index (χ3n) is 4.06. The van der Waals surface area contributed by atoms with Gasteiger partial charge in [-0.15, -0.1) is 24.0 Å². The van der Waals surface area contributed by atoms with Crippen LogP contribution in [-0.2, 0) is 0 Å². The average Bonchev–Trinajstić information content (AvgIpc) is 2.76. The molecule has 1 saturated heterocycles. The molecule has 0 bridgehead atoms. The van der Waals surface area contributed by atoms with Crippen LogP contribution in [0.1, 0.15) is 12.8 Å². The van der Waals surface area contributed by atoms with Gasteiger partial charge in [0.25, 0.3) is 0 Å². The lowest BCUT2D eigenvalue weighted by Gasteiger charge is -2.35. The van der Waals surface area contributed by atoms with Gasteiger partial charge in [0.2, 0.25) is 0 Å². The molecule has 0 radical (unpaired) electrons. The monoisotopic (exact) mass is 381 g/mol. The second kappa shape index (κ2) is 8.26. The molecule has 5 nitrogen and oxygen atoms in total. The lowest BCUT2D eigenvalue weighted by atomic mass is 10.0. The van der Waals surface area contributed by atoms with Crippen molar-refractivity contribution in [2.75, 3.05) is 60.4 Å². The van der Waals surface area contributed by atoms with E-state index >= 15 is 0 Å². The number of nitrogens with one attached hydrogen (secondary N) is 1. The molecule has 0 spiro atoms. The summed E-state index contributed by atoms with van der Waals surface area (Å²) in [5, 5.41) is 3.44. The van der Waals surface area contributed by atoms with Crippen LogP contribution in [0.4, 0.5) is 0 Å². The fourth-order valence-corrected chi connectivity index (χ4v) is 2.71. The number of hydrogen-bond acceptors (Lipinski definition) is 5. The second-order valence-electron chi connectivity index (χ2n) is 5.59. The van der Waals surface area contributed by atoms with Gasteiger partial charge in [-0.3, -0.25) is 4.99 Å². The average molecular weight is 381 g/mol. The lowest BCUT2D eigenvalue weighted by molar-refractivity contribution is 0.146. The predicted molar refractivity (Wildman–Crippen MR) is 91.5 cm³/mol. The molecular formula is C13H28IN5. The highest BCUT2D eigenvalue weighted by atomic mass is 127. The van der Waals surface area contributed by atoms with Crippen molar-refractivity contribution in [2.24, 2.45) is 4.99 Å². The van der Waals surface area contributed by atoms with Crippen LogP contribution in [0.3, 0.4) is 0 Å². The van der Waals surface area contributed by atoms with Gasteiger partial charge in [0, 0.05) is 32.7 Å². The fourth-order valence-electron chi connectivity index (χ4n) is 2.71. The molecule has 112 valence electrons. The summed E-state index contributed by atoms with van der Waals surface area (Å²) in [7, 11) is 6.48. The van der Waals surface area contributed by atoms with E-state index in [0.717, 1.165) is 38.2 Å². The lowest BCUT2D eigenvalue weighted by Crippen LogP contribution is -2.45. The number of hydrogen-bond donors (Lipinski definition) is 1. The second-order valence-corrected chi connectivity index (χ2v) is 5.59. The van der Waals surface area contributed by atoms with E-state index < -0.39 is 0 Å². The van der Waals surface area contributed by atoms with Crippen LogP contribution in [0.15, 0.2) is 4.99 Å².